The molecule has 0 saturated carbocycles. The molecule has 6 nitrogen and oxygen atoms in total. The molecule has 6 heteroatoms. The minimum Gasteiger partial charge on any atom is -0.483 e. The van der Waals surface area contributed by atoms with Gasteiger partial charge < -0.3 is 14.1 Å². The Morgan fingerprint density at radius 3 is 2.96 bits per heavy atom. The molecule has 0 aliphatic rings. The van der Waals surface area contributed by atoms with Crippen molar-refractivity contribution >= 4 is 16.7 Å². The number of carbonyl (C=O) groups is 1. The Labute approximate surface area is 152 Å². The van der Waals surface area contributed by atoms with E-state index in [2.05, 4.69) is 16.5 Å². The van der Waals surface area contributed by atoms with Crippen LogP contribution in [0, 0.1) is 0 Å². The van der Waals surface area contributed by atoms with Crippen LogP contribution in [-0.4, -0.2) is 33.9 Å². The van der Waals surface area contributed by atoms with Gasteiger partial charge in [0.1, 0.15) is 12.0 Å². The third-order valence-electron chi connectivity index (χ3n) is 3.89. The maximum Gasteiger partial charge on any atom is 0.276 e. The highest BCUT2D eigenvalue weighted by molar-refractivity contribution is 5.92. The molecule has 0 spiro atoms. The monoisotopic (exact) mass is 351 g/mol. The lowest BCUT2D eigenvalue weighted by atomic mass is 10.1. The van der Waals surface area contributed by atoms with E-state index in [-0.39, 0.29) is 18.2 Å². The number of pyridine rings is 1. The SMILES string of the molecule is C=C(C)CN(CC)C(=O)c1coc(COc2cccc3cnccc23)n1. The zero-order valence-corrected chi connectivity index (χ0v) is 14.9. The van der Waals surface area contributed by atoms with Crippen LogP contribution < -0.4 is 4.74 Å². The predicted molar refractivity (Wildman–Crippen MR) is 99.0 cm³/mol. The normalized spacial score (nSPS) is 10.7. The van der Waals surface area contributed by atoms with Crippen molar-refractivity contribution in [1.82, 2.24) is 14.9 Å². The van der Waals surface area contributed by atoms with E-state index in [1.807, 2.05) is 38.1 Å². The number of likely N-dealkylation sites (N-methyl/N-ethyl adjacent to an activating group) is 1. The quantitative estimate of drug-likeness (QED) is 0.605. The highest BCUT2D eigenvalue weighted by Crippen LogP contribution is 2.25. The summed E-state index contributed by atoms with van der Waals surface area (Å²) >= 11 is 0. The van der Waals surface area contributed by atoms with E-state index in [0.717, 1.165) is 16.3 Å². The molecule has 0 radical (unpaired) electrons. The third kappa shape index (κ3) is 3.91. The minimum atomic E-state index is -0.179. The second-order valence-electron chi connectivity index (χ2n) is 6.04. The zero-order chi connectivity index (χ0) is 18.5. The first-order chi connectivity index (χ1) is 12.6. The molecule has 3 aromatic rings. The van der Waals surface area contributed by atoms with E-state index < -0.39 is 0 Å². The fourth-order valence-corrected chi connectivity index (χ4v) is 2.65. The van der Waals surface area contributed by atoms with Gasteiger partial charge in [0.05, 0.1) is 0 Å². The number of ether oxygens (including phenoxy) is 1. The number of oxazole rings is 1. The molecule has 0 aliphatic heterocycles. The van der Waals surface area contributed by atoms with Gasteiger partial charge in [-0.05, 0) is 26.0 Å². The molecule has 0 aliphatic carbocycles. The number of rotatable bonds is 7. The Bertz CT molecular complexity index is 927. The van der Waals surface area contributed by atoms with E-state index >= 15 is 0 Å². The van der Waals surface area contributed by atoms with Crippen LogP contribution in [0.4, 0.5) is 0 Å². The topological polar surface area (TPSA) is 68.5 Å². The van der Waals surface area contributed by atoms with Crippen LogP contribution in [0.3, 0.4) is 0 Å². The summed E-state index contributed by atoms with van der Waals surface area (Å²) in [6.07, 6.45) is 4.87. The molecule has 2 aromatic heterocycles. The molecule has 0 fully saturated rings. The smallest absolute Gasteiger partial charge is 0.276 e. The summed E-state index contributed by atoms with van der Waals surface area (Å²) in [4.78, 5) is 22.5. The highest BCUT2D eigenvalue weighted by Gasteiger charge is 2.18. The fraction of sp³-hybridized carbons (Fsp3) is 0.250. The standard InChI is InChI=1S/C20H21N3O3/c1-4-23(11-14(2)3)20(24)17-12-26-19(22-17)13-25-18-7-5-6-15-10-21-9-8-16(15)18/h5-10,12H,2,4,11,13H2,1,3H3. The van der Waals surface area contributed by atoms with Gasteiger partial charge in [-0.1, -0.05) is 24.3 Å². The van der Waals surface area contributed by atoms with Crippen LogP contribution in [0.1, 0.15) is 30.2 Å². The molecule has 0 saturated heterocycles. The molecular formula is C20H21N3O3. The number of fused-ring (bicyclic) bond motifs is 1. The van der Waals surface area contributed by atoms with Crippen molar-refractivity contribution in [2.45, 2.75) is 20.5 Å². The van der Waals surface area contributed by atoms with Crippen molar-refractivity contribution in [3.63, 3.8) is 0 Å². The number of amides is 1. The lowest BCUT2D eigenvalue weighted by molar-refractivity contribution is 0.0772. The van der Waals surface area contributed by atoms with Crippen molar-refractivity contribution in [3.8, 4) is 5.75 Å². The Balaban J connectivity index is 1.70. The Morgan fingerprint density at radius 1 is 1.35 bits per heavy atom. The first-order valence-corrected chi connectivity index (χ1v) is 8.42. The number of hydrogen-bond donors (Lipinski definition) is 0. The number of benzene rings is 1. The molecule has 0 N–H and O–H groups in total. The van der Waals surface area contributed by atoms with E-state index in [4.69, 9.17) is 9.15 Å². The Kier molecular flexibility index (Phi) is 5.31. The summed E-state index contributed by atoms with van der Waals surface area (Å²) in [6.45, 7) is 8.87. The summed E-state index contributed by atoms with van der Waals surface area (Å²) in [7, 11) is 0. The van der Waals surface area contributed by atoms with Crippen molar-refractivity contribution < 1.29 is 13.9 Å². The van der Waals surface area contributed by atoms with E-state index in [1.54, 1.807) is 17.3 Å². The average Bonchev–Trinajstić information content (AvgIpc) is 3.12. The molecule has 3 rings (SSSR count). The number of nitrogens with zero attached hydrogens (tertiary/aromatic N) is 3. The third-order valence-corrected chi connectivity index (χ3v) is 3.89. The van der Waals surface area contributed by atoms with E-state index in [0.29, 0.717) is 24.7 Å². The Morgan fingerprint density at radius 2 is 2.19 bits per heavy atom. The number of aromatic nitrogens is 2. The zero-order valence-electron chi connectivity index (χ0n) is 14.9. The van der Waals surface area contributed by atoms with Gasteiger partial charge >= 0.3 is 0 Å². The van der Waals surface area contributed by atoms with Crippen molar-refractivity contribution in [1.29, 1.82) is 0 Å². The molecule has 134 valence electrons. The second kappa shape index (κ2) is 7.82. The van der Waals surface area contributed by atoms with Crippen molar-refractivity contribution in [2.75, 3.05) is 13.1 Å². The summed E-state index contributed by atoms with van der Waals surface area (Å²) in [6, 6.07) is 7.65. The molecular weight excluding hydrogens is 330 g/mol. The minimum absolute atomic E-state index is 0.140. The van der Waals surface area contributed by atoms with Gasteiger partial charge in [-0.2, -0.15) is 0 Å². The van der Waals surface area contributed by atoms with Crippen LogP contribution in [0.25, 0.3) is 10.8 Å². The van der Waals surface area contributed by atoms with Gasteiger partial charge in [-0.25, -0.2) is 4.98 Å². The number of carbonyl (C=O) groups excluding carboxylic acids is 1. The largest absolute Gasteiger partial charge is 0.483 e. The molecule has 2 heterocycles. The van der Waals surface area contributed by atoms with Crippen LogP contribution in [0.2, 0.25) is 0 Å². The highest BCUT2D eigenvalue weighted by atomic mass is 16.5. The maximum absolute atomic E-state index is 12.5. The maximum atomic E-state index is 12.5. The van der Waals surface area contributed by atoms with E-state index in [1.165, 1.54) is 6.26 Å². The van der Waals surface area contributed by atoms with Gasteiger partial charge in [-0.15, -0.1) is 0 Å². The van der Waals surface area contributed by atoms with Gasteiger partial charge in [0.2, 0.25) is 5.89 Å². The second-order valence-corrected chi connectivity index (χ2v) is 6.04. The van der Waals surface area contributed by atoms with Gasteiger partial charge in [0.25, 0.3) is 5.91 Å². The number of hydrogen-bond acceptors (Lipinski definition) is 5. The van der Waals surface area contributed by atoms with Gasteiger partial charge in [0.15, 0.2) is 12.3 Å². The van der Waals surface area contributed by atoms with Crippen LogP contribution in [-0.2, 0) is 6.61 Å². The lowest BCUT2D eigenvalue weighted by Crippen LogP contribution is -2.32. The average molecular weight is 351 g/mol. The fourth-order valence-electron chi connectivity index (χ4n) is 2.65. The van der Waals surface area contributed by atoms with Crippen molar-refractivity contribution in [3.05, 3.63) is 66.7 Å². The first-order valence-electron chi connectivity index (χ1n) is 8.42. The molecule has 26 heavy (non-hydrogen) atoms. The predicted octanol–water partition coefficient (Wildman–Crippen LogP) is 3.84. The summed E-state index contributed by atoms with van der Waals surface area (Å²) < 4.78 is 11.2. The molecule has 0 atom stereocenters. The molecule has 1 amide bonds. The van der Waals surface area contributed by atoms with Crippen LogP contribution in [0.15, 0.2) is 59.5 Å². The molecule has 0 unspecified atom stereocenters. The first kappa shape index (κ1) is 17.7. The Hall–Kier alpha value is -3.15. The lowest BCUT2D eigenvalue weighted by Gasteiger charge is -2.19. The van der Waals surface area contributed by atoms with E-state index in [9.17, 15) is 4.79 Å². The van der Waals surface area contributed by atoms with Crippen LogP contribution in [0.5, 0.6) is 5.75 Å². The van der Waals surface area contributed by atoms with Crippen molar-refractivity contribution in [2.24, 2.45) is 0 Å². The van der Waals surface area contributed by atoms with Gasteiger partial charge in [-0.3, -0.25) is 9.78 Å². The molecule has 1 aromatic carbocycles. The molecule has 0 bridgehead atoms. The summed E-state index contributed by atoms with van der Waals surface area (Å²) in [5.74, 6) is 0.890. The van der Waals surface area contributed by atoms with Crippen LogP contribution >= 0.6 is 0 Å². The summed E-state index contributed by atoms with van der Waals surface area (Å²) in [5.41, 5.74) is 1.19. The van der Waals surface area contributed by atoms with Gasteiger partial charge in [0, 0.05) is 36.3 Å². The summed E-state index contributed by atoms with van der Waals surface area (Å²) in [5, 5.41) is 1.95.